The average molecular weight is 281 g/mol. The van der Waals surface area contributed by atoms with E-state index < -0.39 is 5.60 Å². The highest BCUT2D eigenvalue weighted by Crippen LogP contribution is 2.17. The van der Waals surface area contributed by atoms with Crippen molar-refractivity contribution in [1.29, 1.82) is 0 Å². The van der Waals surface area contributed by atoms with Crippen LogP contribution in [-0.4, -0.2) is 54.0 Å². The van der Waals surface area contributed by atoms with Crippen molar-refractivity contribution in [3.8, 4) is 0 Å². The van der Waals surface area contributed by atoms with E-state index in [2.05, 4.69) is 4.98 Å². The average Bonchev–Trinajstić information content (AvgIpc) is 2.85. The van der Waals surface area contributed by atoms with Crippen molar-refractivity contribution in [3.05, 3.63) is 12.0 Å². The fraction of sp³-hybridized carbons (Fsp3) is 0.615. The number of carbonyl (C=O) groups is 2. The Morgan fingerprint density at radius 2 is 2.00 bits per heavy atom. The van der Waals surface area contributed by atoms with E-state index in [4.69, 9.17) is 9.15 Å². The summed E-state index contributed by atoms with van der Waals surface area (Å²) >= 11 is 0. The Bertz CT molecular complexity index is 484. The molecule has 0 atom stereocenters. The lowest BCUT2D eigenvalue weighted by Gasteiger charge is -2.34. The van der Waals surface area contributed by atoms with E-state index in [0.717, 1.165) is 0 Å². The molecular formula is C13H19N3O4. The minimum Gasteiger partial charge on any atom is -0.444 e. The number of piperazine rings is 1. The number of anilines is 1. The molecule has 0 saturated carbocycles. The van der Waals surface area contributed by atoms with Gasteiger partial charge in [0.15, 0.2) is 12.0 Å². The predicted octanol–water partition coefficient (Wildman–Crippen LogP) is 1.54. The van der Waals surface area contributed by atoms with Gasteiger partial charge in [-0.15, -0.1) is 0 Å². The van der Waals surface area contributed by atoms with Gasteiger partial charge in [0.2, 0.25) is 0 Å². The van der Waals surface area contributed by atoms with E-state index in [9.17, 15) is 9.59 Å². The second-order valence-corrected chi connectivity index (χ2v) is 5.62. The number of rotatable bonds is 2. The molecule has 1 amide bonds. The summed E-state index contributed by atoms with van der Waals surface area (Å²) in [6.07, 6.45) is 1.70. The van der Waals surface area contributed by atoms with Crippen molar-refractivity contribution in [2.75, 3.05) is 31.1 Å². The van der Waals surface area contributed by atoms with E-state index in [-0.39, 0.29) is 11.9 Å². The molecule has 1 aliphatic rings. The quantitative estimate of drug-likeness (QED) is 0.765. The third-order valence-corrected chi connectivity index (χ3v) is 2.83. The fourth-order valence-corrected chi connectivity index (χ4v) is 1.88. The lowest BCUT2D eigenvalue weighted by molar-refractivity contribution is 0.0239. The van der Waals surface area contributed by atoms with Crippen molar-refractivity contribution in [2.24, 2.45) is 0 Å². The monoisotopic (exact) mass is 281 g/mol. The van der Waals surface area contributed by atoms with Crippen molar-refractivity contribution < 1.29 is 18.7 Å². The van der Waals surface area contributed by atoms with Crippen LogP contribution < -0.4 is 4.90 Å². The molecule has 1 aromatic rings. The first-order valence-corrected chi connectivity index (χ1v) is 6.53. The molecule has 1 saturated heterocycles. The Kier molecular flexibility index (Phi) is 3.96. The molecule has 7 heteroatoms. The van der Waals surface area contributed by atoms with Crippen LogP contribution in [0.2, 0.25) is 0 Å². The van der Waals surface area contributed by atoms with Gasteiger partial charge < -0.3 is 19.0 Å². The van der Waals surface area contributed by atoms with Crippen LogP contribution in [0.15, 0.2) is 10.6 Å². The minimum absolute atomic E-state index is 0.203. The second kappa shape index (κ2) is 5.52. The first kappa shape index (κ1) is 14.4. The smallest absolute Gasteiger partial charge is 0.410 e. The maximum absolute atomic E-state index is 11.9. The Labute approximate surface area is 117 Å². The number of hydrogen-bond acceptors (Lipinski definition) is 6. The van der Waals surface area contributed by atoms with Gasteiger partial charge in [0.05, 0.1) is 6.20 Å². The van der Waals surface area contributed by atoms with Gasteiger partial charge in [-0.2, -0.15) is 0 Å². The molecule has 0 aliphatic carbocycles. The van der Waals surface area contributed by atoms with Crippen molar-refractivity contribution >= 4 is 18.4 Å². The van der Waals surface area contributed by atoms with Crippen LogP contribution in [0.4, 0.5) is 10.8 Å². The van der Waals surface area contributed by atoms with Crippen LogP contribution in [0.3, 0.4) is 0 Å². The third-order valence-electron chi connectivity index (χ3n) is 2.83. The molecule has 0 radical (unpaired) electrons. The maximum Gasteiger partial charge on any atom is 0.410 e. The third kappa shape index (κ3) is 3.49. The van der Waals surface area contributed by atoms with Crippen molar-refractivity contribution in [2.45, 2.75) is 26.4 Å². The second-order valence-electron chi connectivity index (χ2n) is 5.62. The molecule has 20 heavy (non-hydrogen) atoms. The highest BCUT2D eigenvalue weighted by atomic mass is 16.6. The number of amides is 1. The van der Waals surface area contributed by atoms with Gasteiger partial charge in [-0.25, -0.2) is 9.78 Å². The Hall–Kier alpha value is -2.05. The summed E-state index contributed by atoms with van der Waals surface area (Å²) in [7, 11) is 0. The Morgan fingerprint density at radius 3 is 2.50 bits per heavy atom. The fourth-order valence-electron chi connectivity index (χ4n) is 1.88. The molecule has 1 aliphatic heterocycles. The normalized spacial score (nSPS) is 16.1. The van der Waals surface area contributed by atoms with Crippen LogP contribution in [0.25, 0.3) is 0 Å². The van der Waals surface area contributed by atoms with E-state index in [1.165, 1.54) is 6.20 Å². The zero-order chi connectivity index (χ0) is 14.8. The van der Waals surface area contributed by atoms with Gasteiger partial charge in [0.25, 0.3) is 6.01 Å². The van der Waals surface area contributed by atoms with Gasteiger partial charge in [-0.3, -0.25) is 4.79 Å². The SMILES string of the molecule is CC(C)(C)OC(=O)N1CCN(c2ncc(C=O)o2)CC1. The van der Waals surface area contributed by atoms with Crippen LogP contribution in [0, 0.1) is 0 Å². The van der Waals surface area contributed by atoms with E-state index >= 15 is 0 Å². The molecular weight excluding hydrogens is 262 g/mol. The Morgan fingerprint density at radius 1 is 1.35 bits per heavy atom. The summed E-state index contributed by atoms with van der Waals surface area (Å²) in [6, 6.07) is 0.413. The number of hydrogen-bond donors (Lipinski definition) is 0. The topological polar surface area (TPSA) is 75.9 Å². The van der Waals surface area contributed by atoms with Crippen LogP contribution in [0.5, 0.6) is 0 Å². The molecule has 1 fully saturated rings. The van der Waals surface area contributed by atoms with Gasteiger partial charge in [0.1, 0.15) is 5.60 Å². The summed E-state index contributed by atoms with van der Waals surface area (Å²) in [4.78, 5) is 30.1. The molecule has 2 rings (SSSR count). The van der Waals surface area contributed by atoms with Gasteiger partial charge in [0, 0.05) is 26.2 Å². The van der Waals surface area contributed by atoms with Gasteiger partial charge in [-0.05, 0) is 20.8 Å². The van der Waals surface area contributed by atoms with Crippen LogP contribution in [0.1, 0.15) is 31.3 Å². The van der Waals surface area contributed by atoms with E-state index in [1.54, 1.807) is 4.90 Å². The van der Waals surface area contributed by atoms with Crippen LogP contribution in [-0.2, 0) is 4.74 Å². The predicted molar refractivity (Wildman–Crippen MR) is 71.9 cm³/mol. The zero-order valence-electron chi connectivity index (χ0n) is 12.0. The maximum atomic E-state index is 11.9. The van der Waals surface area contributed by atoms with Gasteiger partial charge in [-0.1, -0.05) is 0 Å². The summed E-state index contributed by atoms with van der Waals surface area (Å²) < 4.78 is 10.6. The first-order valence-electron chi connectivity index (χ1n) is 6.53. The summed E-state index contributed by atoms with van der Waals surface area (Å²) in [5.74, 6) is 0.203. The highest BCUT2D eigenvalue weighted by Gasteiger charge is 2.27. The molecule has 0 unspecified atom stereocenters. The largest absolute Gasteiger partial charge is 0.444 e. The number of oxazole rings is 1. The van der Waals surface area contributed by atoms with Crippen LogP contribution >= 0.6 is 0 Å². The number of aldehydes is 1. The molecule has 0 aromatic carbocycles. The summed E-state index contributed by atoms with van der Waals surface area (Å²) in [6.45, 7) is 7.79. The number of nitrogens with zero attached hydrogens (tertiary/aromatic N) is 3. The lowest BCUT2D eigenvalue weighted by Crippen LogP contribution is -2.50. The first-order chi connectivity index (χ1) is 9.39. The number of aromatic nitrogens is 1. The zero-order valence-corrected chi connectivity index (χ0v) is 12.0. The van der Waals surface area contributed by atoms with E-state index in [0.29, 0.717) is 38.5 Å². The molecule has 0 spiro atoms. The molecule has 2 heterocycles. The molecule has 0 bridgehead atoms. The summed E-state index contributed by atoms with van der Waals surface area (Å²) in [5, 5.41) is 0. The molecule has 7 nitrogen and oxygen atoms in total. The van der Waals surface area contributed by atoms with E-state index in [1.807, 2.05) is 25.7 Å². The molecule has 0 N–H and O–H groups in total. The van der Waals surface area contributed by atoms with Crippen molar-refractivity contribution in [3.63, 3.8) is 0 Å². The minimum atomic E-state index is -0.490. The number of carbonyl (C=O) groups excluding carboxylic acids is 2. The standard InChI is InChI=1S/C13H19N3O4/c1-13(2,3)20-12(18)16-6-4-15(5-7-16)11-14-8-10(9-17)19-11/h8-9H,4-7H2,1-3H3. The molecule has 110 valence electrons. The summed E-state index contributed by atoms with van der Waals surface area (Å²) in [5.41, 5.74) is -0.490. The Balaban J connectivity index is 1.89. The lowest BCUT2D eigenvalue weighted by atomic mass is 10.2. The van der Waals surface area contributed by atoms with Gasteiger partial charge >= 0.3 is 6.09 Å². The molecule has 1 aromatic heterocycles. The highest BCUT2D eigenvalue weighted by molar-refractivity contribution is 5.70. The number of ether oxygens (including phenoxy) is 1. The van der Waals surface area contributed by atoms with Crippen molar-refractivity contribution in [1.82, 2.24) is 9.88 Å².